The van der Waals surface area contributed by atoms with Gasteiger partial charge in [0.2, 0.25) is 10.0 Å². The molecule has 3 N–H and O–H groups in total. The molecule has 1 aliphatic heterocycles. The van der Waals surface area contributed by atoms with E-state index in [2.05, 4.69) is 37.3 Å². The molecule has 4 aromatic carbocycles. The summed E-state index contributed by atoms with van der Waals surface area (Å²) in [7, 11) is -3.93. The second-order valence-electron chi connectivity index (χ2n) is 12.7. The van der Waals surface area contributed by atoms with Crippen molar-refractivity contribution < 1.29 is 23.1 Å². The molecular formula is C37H40N6O5S. The molecule has 254 valence electrons. The number of aromatic nitrogens is 2. The van der Waals surface area contributed by atoms with Crippen molar-refractivity contribution in [2.24, 2.45) is 0 Å². The molecule has 0 radical (unpaired) electrons. The first kappa shape index (κ1) is 33.8. The highest BCUT2D eigenvalue weighted by Crippen LogP contribution is 2.33. The molecule has 0 atom stereocenters. The Bertz CT molecular complexity index is 2050. The lowest BCUT2D eigenvalue weighted by atomic mass is 10.0. The Balaban J connectivity index is 1.12. The summed E-state index contributed by atoms with van der Waals surface area (Å²) in [4.78, 5) is 17.1. The van der Waals surface area contributed by atoms with Crippen molar-refractivity contribution in [3.8, 4) is 17.0 Å². The highest BCUT2D eigenvalue weighted by molar-refractivity contribution is 7.89. The predicted octanol–water partition coefficient (Wildman–Crippen LogP) is 5.13. The maximum atomic E-state index is 13.3. The van der Waals surface area contributed by atoms with Crippen molar-refractivity contribution in [2.45, 2.75) is 31.2 Å². The van der Waals surface area contributed by atoms with Gasteiger partial charge in [-0.25, -0.2) is 13.1 Å². The number of aliphatic hydroxyl groups is 1. The van der Waals surface area contributed by atoms with Crippen LogP contribution in [0, 0.1) is 6.92 Å². The number of aliphatic hydroxyl groups excluding tert-OH is 1. The van der Waals surface area contributed by atoms with E-state index in [0.717, 1.165) is 29.5 Å². The number of hydrogen-bond acceptors (Lipinski definition) is 9. The number of amides is 1. The Morgan fingerprint density at radius 2 is 1.55 bits per heavy atom. The van der Waals surface area contributed by atoms with Crippen molar-refractivity contribution in [1.82, 2.24) is 19.8 Å². The molecular weight excluding hydrogens is 641 g/mol. The molecule has 1 amide bonds. The van der Waals surface area contributed by atoms with Gasteiger partial charge in [-0.2, -0.15) is 0 Å². The molecule has 49 heavy (non-hydrogen) atoms. The Morgan fingerprint density at radius 3 is 2.24 bits per heavy atom. The summed E-state index contributed by atoms with van der Waals surface area (Å²) in [5, 5.41) is 23.5. The van der Waals surface area contributed by atoms with Crippen molar-refractivity contribution in [3.05, 3.63) is 103 Å². The number of ether oxygens (including phenoxy) is 1. The van der Waals surface area contributed by atoms with E-state index in [4.69, 9.17) is 4.74 Å². The number of nitrogens with zero attached hydrogens (tertiary/aromatic N) is 4. The number of fused-ring (bicyclic) bond motifs is 1. The standard InChI is InChI=1S/C37H40N6O5S/c1-26-13-14-27(23-33(26)49(46,47)41-37(2,3)25-44)35-31-11-7-8-12-32(31)36(40-39-35)38-28-15-17-30(18-16-28)48-24-34(45)43-21-19-42(20-22-43)29-9-5-4-6-10-29/h4-18,23,41,44H,19-22,24-25H2,1-3H3,(H,38,40). The third-order valence-corrected chi connectivity index (χ3v) is 10.3. The molecule has 6 rings (SSSR count). The third-order valence-electron chi connectivity index (χ3n) is 8.48. The Labute approximate surface area is 286 Å². The van der Waals surface area contributed by atoms with E-state index in [1.165, 1.54) is 5.69 Å². The minimum absolute atomic E-state index is 0.0348. The highest BCUT2D eigenvalue weighted by Gasteiger charge is 2.27. The smallest absolute Gasteiger partial charge is 0.260 e. The largest absolute Gasteiger partial charge is 0.484 e. The summed E-state index contributed by atoms with van der Waals surface area (Å²) in [5.74, 6) is 1.07. The van der Waals surface area contributed by atoms with E-state index < -0.39 is 15.6 Å². The van der Waals surface area contributed by atoms with Gasteiger partial charge in [-0.1, -0.05) is 54.6 Å². The van der Waals surface area contributed by atoms with Crippen LogP contribution in [-0.4, -0.2) is 79.5 Å². The van der Waals surface area contributed by atoms with E-state index in [1.807, 2.05) is 65.6 Å². The fourth-order valence-corrected chi connectivity index (χ4v) is 7.43. The quantitative estimate of drug-likeness (QED) is 0.174. The summed E-state index contributed by atoms with van der Waals surface area (Å²) >= 11 is 0. The number of nitrogens with one attached hydrogen (secondary N) is 2. The molecule has 0 saturated carbocycles. The first-order valence-electron chi connectivity index (χ1n) is 16.1. The van der Waals surface area contributed by atoms with Crippen LogP contribution in [0.25, 0.3) is 22.0 Å². The van der Waals surface area contributed by atoms with Gasteiger partial charge in [0.15, 0.2) is 12.4 Å². The van der Waals surface area contributed by atoms with Crippen molar-refractivity contribution in [2.75, 3.05) is 49.6 Å². The normalized spacial score (nSPS) is 13.8. The molecule has 11 nitrogen and oxygen atoms in total. The van der Waals surface area contributed by atoms with E-state index in [-0.39, 0.29) is 24.0 Å². The van der Waals surface area contributed by atoms with Gasteiger partial charge >= 0.3 is 0 Å². The lowest BCUT2D eigenvalue weighted by Crippen LogP contribution is -2.50. The van der Waals surface area contributed by atoms with Crippen LogP contribution in [0.5, 0.6) is 5.75 Å². The van der Waals surface area contributed by atoms with E-state index >= 15 is 0 Å². The van der Waals surface area contributed by atoms with E-state index in [0.29, 0.717) is 41.5 Å². The number of sulfonamides is 1. The molecule has 1 aliphatic rings. The van der Waals surface area contributed by atoms with Crippen LogP contribution in [0.1, 0.15) is 19.4 Å². The van der Waals surface area contributed by atoms with Gasteiger partial charge in [-0.3, -0.25) is 4.79 Å². The summed E-state index contributed by atoms with van der Waals surface area (Å²) in [6.45, 7) is 7.44. The fraction of sp³-hybridized carbons (Fsp3) is 0.270. The van der Waals surface area contributed by atoms with Gasteiger partial charge in [-0.05, 0) is 68.8 Å². The zero-order chi connectivity index (χ0) is 34.6. The number of hydrogen-bond donors (Lipinski definition) is 3. The molecule has 1 aromatic heterocycles. The first-order valence-corrected chi connectivity index (χ1v) is 17.6. The second kappa shape index (κ2) is 14.2. The molecule has 12 heteroatoms. The van der Waals surface area contributed by atoms with Crippen molar-refractivity contribution >= 4 is 43.9 Å². The minimum Gasteiger partial charge on any atom is -0.484 e. The maximum Gasteiger partial charge on any atom is 0.260 e. The monoisotopic (exact) mass is 680 g/mol. The number of carbonyl (C=O) groups excluding carboxylic acids is 1. The van der Waals surface area contributed by atoms with Gasteiger partial charge in [0.1, 0.15) is 11.4 Å². The minimum atomic E-state index is -3.93. The lowest BCUT2D eigenvalue weighted by Gasteiger charge is -2.36. The van der Waals surface area contributed by atoms with E-state index in [1.54, 1.807) is 45.0 Å². The van der Waals surface area contributed by atoms with Crippen LogP contribution >= 0.6 is 0 Å². The topological polar surface area (TPSA) is 137 Å². The highest BCUT2D eigenvalue weighted by atomic mass is 32.2. The Morgan fingerprint density at radius 1 is 0.878 bits per heavy atom. The summed E-state index contributed by atoms with van der Waals surface area (Å²) in [5.41, 5.74) is 2.59. The average Bonchev–Trinajstić information content (AvgIpc) is 3.11. The molecule has 1 saturated heterocycles. The summed E-state index contributed by atoms with van der Waals surface area (Å²) in [6, 6.07) is 30.3. The Kier molecular flexibility index (Phi) is 9.81. The zero-order valence-electron chi connectivity index (χ0n) is 27.8. The molecule has 1 fully saturated rings. The van der Waals surface area contributed by atoms with Gasteiger partial charge < -0.3 is 25.0 Å². The van der Waals surface area contributed by atoms with Gasteiger partial charge in [-0.15, -0.1) is 10.2 Å². The second-order valence-corrected chi connectivity index (χ2v) is 14.4. The van der Waals surface area contributed by atoms with Crippen molar-refractivity contribution in [1.29, 1.82) is 0 Å². The molecule has 0 spiro atoms. The lowest BCUT2D eigenvalue weighted by molar-refractivity contribution is -0.133. The number of benzene rings is 4. The third kappa shape index (κ3) is 7.83. The molecule has 0 unspecified atom stereocenters. The zero-order valence-corrected chi connectivity index (χ0v) is 28.6. The predicted molar refractivity (Wildman–Crippen MR) is 192 cm³/mol. The van der Waals surface area contributed by atoms with Gasteiger partial charge in [0, 0.05) is 53.9 Å². The van der Waals surface area contributed by atoms with Crippen LogP contribution in [0.2, 0.25) is 0 Å². The van der Waals surface area contributed by atoms with Crippen LogP contribution in [-0.2, 0) is 14.8 Å². The number of carbonyl (C=O) groups is 1. The number of anilines is 3. The summed E-state index contributed by atoms with van der Waals surface area (Å²) < 4.78 is 34.9. The summed E-state index contributed by atoms with van der Waals surface area (Å²) in [6.07, 6.45) is 0. The number of piperazine rings is 1. The SMILES string of the molecule is Cc1ccc(-c2nnc(Nc3ccc(OCC(=O)N4CCN(c5ccccc5)CC4)cc3)c3ccccc23)cc1S(=O)(=O)NC(C)(C)CO. The van der Waals surface area contributed by atoms with Crippen LogP contribution in [0.15, 0.2) is 102 Å². The molecule has 0 bridgehead atoms. The number of rotatable bonds is 11. The molecule has 0 aliphatic carbocycles. The van der Waals surface area contributed by atoms with Gasteiger partial charge in [0.25, 0.3) is 5.91 Å². The molecule has 5 aromatic rings. The Hall–Kier alpha value is -5.04. The number of aryl methyl sites for hydroxylation is 1. The van der Waals surface area contributed by atoms with Crippen LogP contribution < -0.4 is 19.7 Å². The van der Waals surface area contributed by atoms with Crippen LogP contribution in [0.4, 0.5) is 17.2 Å². The number of para-hydroxylation sites is 1. The van der Waals surface area contributed by atoms with Crippen LogP contribution in [0.3, 0.4) is 0 Å². The fourth-order valence-electron chi connectivity index (χ4n) is 5.76. The van der Waals surface area contributed by atoms with Crippen molar-refractivity contribution in [3.63, 3.8) is 0 Å². The maximum absolute atomic E-state index is 13.3. The average molecular weight is 681 g/mol. The van der Waals surface area contributed by atoms with E-state index in [9.17, 15) is 18.3 Å². The first-order chi connectivity index (χ1) is 23.5. The van der Waals surface area contributed by atoms with Gasteiger partial charge in [0.05, 0.1) is 17.0 Å². The molecule has 2 heterocycles.